The monoisotopic (exact) mass is 397 g/mol. The molecule has 1 unspecified atom stereocenters. The molecule has 0 fully saturated rings. The van der Waals surface area contributed by atoms with Crippen molar-refractivity contribution in [2.24, 2.45) is 5.92 Å². The molecule has 0 saturated carbocycles. The third-order valence-corrected chi connectivity index (χ3v) is 4.84. The van der Waals surface area contributed by atoms with E-state index in [2.05, 4.69) is 9.83 Å². The molecule has 0 radical (unpaired) electrons. The van der Waals surface area contributed by atoms with E-state index < -0.39 is 42.7 Å². The number of hydrogen-bond donors (Lipinski definition) is 2. The molecule has 8 heteroatoms. The molecular weight excluding hydrogens is 385 g/mol. The highest BCUT2D eigenvalue weighted by Crippen LogP contribution is 2.16. The molecule has 0 aliphatic carbocycles. The summed E-state index contributed by atoms with van der Waals surface area (Å²) in [5, 5.41) is 2.49. The summed E-state index contributed by atoms with van der Waals surface area (Å²) >= 11 is -0.889. The fourth-order valence-electron chi connectivity index (χ4n) is 1.18. The lowest BCUT2D eigenvalue weighted by atomic mass is 10.2. The molecule has 0 heterocycles. The zero-order chi connectivity index (χ0) is 14.6. The van der Waals surface area contributed by atoms with Gasteiger partial charge in [0, 0.05) is 5.69 Å². The molecular formula is C11H12INO5S. The molecule has 1 aromatic carbocycles. The van der Waals surface area contributed by atoms with E-state index in [1.54, 1.807) is 0 Å². The van der Waals surface area contributed by atoms with Gasteiger partial charge in [-0.1, -0.05) is 25.2 Å². The van der Waals surface area contributed by atoms with Crippen LogP contribution in [0.3, 0.4) is 0 Å². The molecule has 6 nitrogen and oxygen atoms in total. The van der Waals surface area contributed by atoms with E-state index in [-0.39, 0.29) is 8.69 Å². The number of carbonyl (C=O) groups is 2. The minimum atomic E-state index is -4.25. The Kier molecular flexibility index (Phi) is 5.32. The largest absolute Gasteiger partial charge is 0.325 e. The molecule has 1 atom stereocenters. The Hall–Kier alpha value is -1.13. The Balaban J connectivity index is 2.82. The van der Waals surface area contributed by atoms with Gasteiger partial charge in [0.15, 0.2) is 3.79 Å². The SMILES string of the molecule is C=IC(=O)C(C)C(=O)Nc1ccc(S(=O)(=O)O)cc1. The van der Waals surface area contributed by atoms with E-state index >= 15 is 0 Å². The molecule has 1 amide bonds. The maximum Gasteiger partial charge on any atom is 0.294 e. The smallest absolute Gasteiger partial charge is 0.294 e. The normalized spacial score (nSPS) is 12.7. The predicted molar refractivity (Wildman–Crippen MR) is 80.2 cm³/mol. The molecule has 1 aromatic rings. The van der Waals surface area contributed by atoms with E-state index in [0.717, 1.165) is 12.1 Å². The first-order valence-electron chi connectivity index (χ1n) is 5.06. The number of rotatable bonds is 5. The van der Waals surface area contributed by atoms with E-state index in [1.165, 1.54) is 19.1 Å². The van der Waals surface area contributed by atoms with Gasteiger partial charge in [-0.3, -0.25) is 14.1 Å². The van der Waals surface area contributed by atoms with Crippen molar-refractivity contribution >= 4 is 50.7 Å². The molecule has 1 rings (SSSR count). The first-order valence-corrected chi connectivity index (χ1v) is 9.10. The topological polar surface area (TPSA) is 101 Å². The summed E-state index contributed by atoms with van der Waals surface area (Å²) in [4.78, 5) is 22.8. The zero-order valence-electron chi connectivity index (χ0n) is 9.96. The van der Waals surface area contributed by atoms with Crippen molar-refractivity contribution in [3.8, 4) is 0 Å². The standard InChI is InChI=1S/C11H12INO5S/c1-7(10(14)12-2)11(15)13-8-3-5-9(6-4-8)19(16,17)18/h3-7H,2H2,1H3,(H,13,15)(H,16,17,18). The van der Waals surface area contributed by atoms with Crippen LogP contribution in [-0.4, -0.2) is 27.2 Å². The lowest BCUT2D eigenvalue weighted by Gasteiger charge is -2.09. The third kappa shape index (κ3) is 4.48. The summed E-state index contributed by atoms with van der Waals surface area (Å²) in [5.74, 6) is -1.24. The average molecular weight is 397 g/mol. The van der Waals surface area contributed by atoms with Crippen LogP contribution < -0.4 is 5.32 Å². The quantitative estimate of drug-likeness (QED) is 0.339. The van der Waals surface area contributed by atoms with Crippen LogP contribution in [0.5, 0.6) is 0 Å². The maximum absolute atomic E-state index is 11.7. The van der Waals surface area contributed by atoms with E-state index in [1.807, 2.05) is 0 Å². The van der Waals surface area contributed by atoms with Crippen molar-refractivity contribution in [1.82, 2.24) is 0 Å². The van der Waals surface area contributed by atoms with Gasteiger partial charge in [0.25, 0.3) is 10.1 Å². The fourth-order valence-corrected chi connectivity index (χ4v) is 2.60. The zero-order valence-corrected chi connectivity index (χ0v) is 12.9. The molecule has 0 spiro atoms. The number of hydrogen-bond acceptors (Lipinski definition) is 4. The van der Waals surface area contributed by atoms with Crippen LogP contribution in [0, 0.1) is 5.92 Å². The van der Waals surface area contributed by atoms with Crippen molar-refractivity contribution in [3.63, 3.8) is 0 Å². The fraction of sp³-hybridized carbons (Fsp3) is 0.182. The van der Waals surface area contributed by atoms with Crippen molar-refractivity contribution < 1.29 is 22.6 Å². The predicted octanol–water partition coefficient (Wildman–Crippen LogP) is 1.44. The van der Waals surface area contributed by atoms with Gasteiger partial charge in [-0.05, 0) is 31.2 Å². The Labute approximate surface area is 120 Å². The van der Waals surface area contributed by atoms with Gasteiger partial charge in [-0.25, -0.2) is 0 Å². The van der Waals surface area contributed by atoms with E-state index in [9.17, 15) is 18.0 Å². The van der Waals surface area contributed by atoms with Gasteiger partial charge in [-0.2, -0.15) is 8.42 Å². The Morgan fingerprint density at radius 3 is 2.26 bits per heavy atom. The van der Waals surface area contributed by atoms with Crippen molar-refractivity contribution in [2.75, 3.05) is 5.32 Å². The van der Waals surface area contributed by atoms with Crippen LogP contribution in [0.2, 0.25) is 0 Å². The number of anilines is 1. The van der Waals surface area contributed by atoms with E-state index in [4.69, 9.17) is 4.55 Å². The first kappa shape index (κ1) is 15.9. The highest BCUT2D eigenvalue weighted by molar-refractivity contribution is 14.2. The molecule has 0 aliphatic rings. The average Bonchev–Trinajstić information content (AvgIpc) is 2.36. The Bertz CT molecular complexity index is 608. The Morgan fingerprint density at radius 1 is 1.32 bits per heavy atom. The second-order valence-electron chi connectivity index (χ2n) is 3.65. The van der Waals surface area contributed by atoms with Crippen LogP contribution in [-0.2, 0) is 19.7 Å². The highest BCUT2D eigenvalue weighted by Gasteiger charge is 2.19. The summed E-state index contributed by atoms with van der Waals surface area (Å²) in [6.07, 6.45) is 0. The van der Waals surface area contributed by atoms with Crippen molar-refractivity contribution in [3.05, 3.63) is 24.3 Å². The van der Waals surface area contributed by atoms with Gasteiger partial charge >= 0.3 is 0 Å². The molecule has 104 valence electrons. The van der Waals surface area contributed by atoms with Gasteiger partial charge < -0.3 is 5.32 Å². The number of amides is 1. The second kappa shape index (κ2) is 6.35. The van der Waals surface area contributed by atoms with Crippen LogP contribution in [0.15, 0.2) is 29.2 Å². The summed E-state index contributed by atoms with van der Waals surface area (Å²) in [5.41, 5.74) is 0.347. The number of nitrogens with one attached hydrogen (secondary N) is 1. The summed E-state index contributed by atoms with van der Waals surface area (Å²) in [6.45, 7) is 1.50. The molecule has 0 aliphatic heterocycles. The molecule has 2 N–H and O–H groups in total. The first-order chi connectivity index (χ1) is 8.75. The summed E-state index contributed by atoms with van der Waals surface area (Å²) in [6, 6.07) is 4.98. The molecule has 19 heavy (non-hydrogen) atoms. The lowest BCUT2D eigenvalue weighted by Crippen LogP contribution is -2.24. The Morgan fingerprint density at radius 2 is 1.84 bits per heavy atom. The van der Waals surface area contributed by atoms with Gasteiger partial charge in [-0.15, -0.1) is 0 Å². The number of halogens is 1. The van der Waals surface area contributed by atoms with Crippen LogP contribution >= 0.6 is 20.7 Å². The number of carbonyl (C=O) groups excluding carboxylic acids is 2. The third-order valence-electron chi connectivity index (χ3n) is 2.29. The minimum Gasteiger partial charge on any atom is -0.325 e. The lowest BCUT2D eigenvalue weighted by molar-refractivity contribution is -0.125. The van der Waals surface area contributed by atoms with Crippen LogP contribution in [0.1, 0.15) is 6.92 Å². The molecule has 0 aromatic heterocycles. The minimum absolute atomic E-state index is 0.175. The summed E-state index contributed by atoms with van der Waals surface area (Å²) < 4.78 is 33.8. The van der Waals surface area contributed by atoms with Gasteiger partial charge in [0.05, 0.1) is 4.90 Å². The van der Waals surface area contributed by atoms with Crippen LogP contribution in [0.4, 0.5) is 5.69 Å². The number of benzene rings is 1. The van der Waals surface area contributed by atoms with Gasteiger partial charge in [0.2, 0.25) is 5.91 Å². The van der Waals surface area contributed by atoms with Crippen LogP contribution in [0.25, 0.3) is 0 Å². The van der Waals surface area contributed by atoms with E-state index in [0.29, 0.717) is 5.69 Å². The van der Waals surface area contributed by atoms with Crippen molar-refractivity contribution in [2.45, 2.75) is 11.8 Å². The van der Waals surface area contributed by atoms with Gasteiger partial charge in [0.1, 0.15) is 5.92 Å². The second-order valence-corrected chi connectivity index (χ2v) is 6.90. The molecule has 0 bridgehead atoms. The molecule has 0 saturated heterocycles. The van der Waals surface area contributed by atoms with Crippen molar-refractivity contribution in [1.29, 1.82) is 0 Å². The summed E-state index contributed by atoms with van der Waals surface area (Å²) in [7, 11) is -4.25. The maximum atomic E-state index is 11.7. The highest BCUT2D eigenvalue weighted by atomic mass is 127.